The van der Waals surface area contributed by atoms with Crippen LogP contribution in [0.25, 0.3) is 0 Å². The predicted molar refractivity (Wildman–Crippen MR) is 60.2 cm³/mol. The van der Waals surface area contributed by atoms with Crippen LogP contribution in [0.1, 0.15) is 24.1 Å². The molecule has 1 aliphatic rings. The number of hydrogen-bond donors (Lipinski definition) is 1. The van der Waals surface area contributed by atoms with E-state index in [1.165, 1.54) is 0 Å². The average molecular weight is 217 g/mol. The third-order valence-corrected chi connectivity index (χ3v) is 2.65. The molecule has 1 aromatic rings. The Balaban J connectivity index is 2.13. The van der Waals surface area contributed by atoms with Crippen molar-refractivity contribution in [3.8, 4) is 11.9 Å². The highest BCUT2D eigenvalue weighted by molar-refractivity contribution is 5.38. The van der Waals surface area contributed by atoms with E-state index in [0.29, 0.717) is 11.4 Å². The summed E-state index contributed by atoms with van der Waals surface area (Å²) in [7, 11) is 0. The fraction of sp³-hybridized carbons (Fsp3) is 0.500. The number of aryl methyl sites for hydroxylation is 1. The number of nitriles is 1. The standard InChI is InChI=1S/C12H15N3O/c1-9-4-5-10(7-13)12(15-9)16-11-3-2-6-14-8-11/h4-5,11,14H,2-3,6,8H2,1H3. The van der Waals surface area contributed by atoms with Crippen molar-refractivity contribution in [2.75, 3.05) is 13.1 Å². The van der Waals surface area contributed by atoms with Crippen LogP contribution < -0.4 is 10.1 Å². The number of pyridine rings is 1. The number of aromatic nitrogens is 1. The zero-order chi connectivity index (χ0) is 11.4. The van der Waals surface area contributed by atoms with Gasteiger partial charge in [-0.05, 0) is 38.4 Å². The summed E-state index contributed by atoms with van der Waals surface area (Å²) in [5.74, 6) is 0.469. The lowest BCUT2D eigenvalue weighted by atomic mass is 10.1. The van der Waals surface area contributed by atoms with E-state index in [0.717, 1.165) is 31.6 Å². The monoisotopic (exact) mass is 217 g/mol. The van der Waals surface area contributed by atoms with Gasteiger partial charge in [0.1, 0.15) is 17.7 Å². The molecule has 16 heavy (non-hydrogen) atoms. The van der Waals surface area contributed by atoms with Crippen LogP contribution in [0.15, 0.2) is 12.1 Å². The van der Waals surface area contributed by atoms with E-state index in [1.807, 2.05) is 13.0 Å². The van der Waals surface area contributed by atoms with Crippen molar-refractivity contribution in [1.29, 1.82) is 5.26 Å². The lowest BCUT2D eigenvalue weighted by Gasteiger charge is -2.23. The number of nitrogens with zero attached hydrogens (tertiary/aromatic N) is 2. The summed E-state index contributed by atoms with van der Waals surface area (Å²) in [5, 5.41) is 12.2. The number of hydrogen-bond acceptors (Lipinski definition) is 4. The number of nitrogens with one attached hydrogen (secondary N) is 1. The van der Waals surface area contributed by atoms with Crippen LogP contribution in [0.3, 0.4) is 0 Å². The molecule has 1 N–H and O–H groups in total. The molecule has 1 aliphatic heterocycles. The third kappa shape index (κ3) is 2.50. The van der Waals surface area contributed by atoms with E-state index in [4.69, 9.17) is 10.00 Å². The van der Waals surface area contributed by atoms with Gasteiger partial charge in [-0.25, -0.2) is 4.98 Å². The maximum absolute atomic E-state index is 8.95. The maximum atomic E-state index is 8.95. The highest BCUT2D eigenvalue weighted by Gasteiger charge is 2.16. The first kappa shape index (κ1) is 10.9. The first-order valence-electron chi connectivity index (χ1n) is 5.54. The van der Waals surface area contributed by atoms with Gasteiger partial charge in [-0.15, -0.1) is 0 Å². The number of piperidine rings is 1. The van der Waals surface area contributed by atoms with Gasteiger partial charge in [-0.1, -0.05) is 0 Å². The fourth-order valence-corrected chi connectivity index (χ4v) is 1.79. The van der Waals surface area contributed by atoms with E-state index in [9.17, 15) is 0 Å². The highest BCUT2D eigenvalue weighted by Crippen LogP contribution is 2.18. The van der Waals surface area contributed by atoms with Crippen LogP contribution in [0.4, 0.5) is 0 Å². The smallest absolute Gasteiger partial charge is 0.232 e. The second-order valence-electron chi connectivity index (χ2n) is 4.00. The second-order valence-corrected chi connectivity index (χ2v) is 4.00. The van der Waals surface area contributed by atoms with E-state index < -0.39 is 0 Å². The average Bonchev–Trinajstić information content (AvgIpc) is 2.31. The van der Waals surface area contributed by atoms with Crippen molar-refractivity contribution in [3.63, 3.8) is 0 Å². The molecule has 1 atom stereocenters. The molecule has 0 bridgehead atoms. The first-order valence-corrected chi connectivity index (χ1v) is 5.54. The summed E-state index contributed by atoms with van der Waals surface area (Å²) in [4.78, 5) is 4.27. The SMILES string of the molecule is Cc1ccc(C#N)c(OC2CCCNC2)n1. The van der Waals surface area contributed by atoms with Gasteiger partial charge in [0.2, 0.25) is 5.88 Å². The van der Waals surface area contributed by atoms with Crippen LogP contribution in [-0.2, 0) is 0 Å². The maximum Gasteiger partial charge on any atom is 0.232 e. The van der Waals surface area contributed by atoms with Crippen LogP contribution in [0.2, 0.25) is 0 Å². The van der Waals surface area contributed by atoms with Crippen molar-refractivity contribution < 1.29 is 4.74 Å². The summed E-state index contributed by atoms with van der Waals surface area (Å²) in [6, 6.07) is 5.69. The summed E-state index contributed by atoms with van der Waals surface area (Å²) in [6.07, 6.45) is 2.27. The molecule has 4 nitrogen and oxygen atoms in total. The molecular formula is C12H15N3O. The zero-order valence-corrected chi connectivity index (χ0v) is 9.36. The van der Waals surface area contributed by atoms with Gasteiger partial charge in [-0.2, -0.15) is 5.26 Å². The molecule has 0 amide bonds. The van der Waals surface area contributed by atoms with E-state index >= 15 is 0 Å². The molecule has 1 saturated heterocycles. The van der Waals surface area contributed by atoms with Crippen molar-refractivity contribution >= 4 is 0 Å². The van der Waals surface area contributed by atoms with Crippen LogP contribution in [-0.4, -0.2) is 24.2 Å². The largest absolute Gasteiger partial charge is 0.472 e. The molecule has 2 rings (SSSR count). The Morgan fingerprint density at radius 1 is 1.56 bits per heavy atom. The van der Waals surface area contributed by atoms with Gasteiger partial charge >= 0.3 is 0 Å². The van der Waals surface area contributed by atoms with Gasteiger partial charge < -0.3 is 10.1 Å². The Labute approximate surface area is 95.3 Å². The molecule has 0 spiro atoms. The Bertz CT molecular complexity index is 405. The topological polar surface area (TPSA) is 57.9 Å². The van der Waals surface area contributed by atoms with Crippen molar-refractivity contribution in [3.05, 3.63) is 23.4 Å². The molecule has 2 heterocycles. The molecule has 0 saturated carbocycles. The van der Waals surface area contributed by atoms with E-state index in [1.54, 1.807) is 6.07 Å². The summed E-state index contributed by atoms with van der Waals surface area (Å²) in [5.41, 5.74) is 1.38. The molecule has 1 unspecified atom stereocenters. The Hall–Kier alpha value is -1.60. The lowest BCUT2D eigenvalue weighted by Crippen LogP contribution is -2.37. The molecule has 0 radical (unpaired) electrons. The van der Waals surface area contributed by atoms with Gasteiger partial charge in [-0.3, -0.25) is 0 Å². The molecule has 0 aliphatic carbocycles. The summed E-state index contributed by atoms with van der Waals surface area (Å²) >= 11 is 0. The zero-order valence-electron chi connectivity index (χ0n) is 9.36. The molecule has 0 aromatic carbocycles. The molecular weight excluding hydrogens is 202 g/mol. The second kappa shape index (κ2) is 4.95. The Morgan fingerprint density at radius 3 is 3.12 bits per heavy atom. The lowest BCUT2D eigenvalue weighted by molar-refractivity contribution is 0.160. The Kier molecular flexibility index (Phi) is 3.37. The fourth-order valence-electron chi connectivity index (χ4n) is 1.79. The minimum atomic E-state index is 0.134. The van der Waals surface area contributed by atoms with Crippen LogP contribution in [0, 0.1) is 18.3 Å². The van der Waals surface area contributed by atoms with Crippen LogP contribution >= 0.6 is 0 Å². The number of rotatable bonds is 2. The van der Waals surface area contributed by atoms with Gasteiger partial charge in [0, 0.05) is 12.2 Å². The minimum Gasteiger partial charge on any atom is -0.472 e. The predicted octanol–water partition coefficient (Wildman–Crippen LogP) is 1.39. The molecule has 84 valence electrons. The van der Waals surface area contributed by atoms with Crippen LogP contribution in [0.5, 0.6) is 5.88 Å². The highest BCUT2D eigenvalue weighted by atomic mass is 16.5. The van der Waals surface area contributed by atoms with Crippen molar-refractivity contribution in [1.82, 2.24) is 10.3 Å². The Morgan fingerprint density at radius 2 is 2.44 bits per heavy atom. The molecule has 1 fully saturated rings. The quantitative estimate of drug-likeness (QED) is 0.813. The van der Waals surface area contributed by atoms with E-state index in [2.05, 4.69) is 16.4 Å². The van der Waals surface area contributed by atoms with Crippen molar-refractivity contribution in [2.24, 2.45) is 0 Å². The van der Waals surface area contributed by atoms with Crippen molar-refractivity contribution in [2.45, 2.75) is 25.9 Å². The minimum absolute atomic E-state index is 0.134. The van der Waals surface area contributed by atoms with Gasteiger partial charge in [0.05, 0.1) is 0 Å². The summed E-state index contributed by atoms with van der Waals surface area (Å²) in [6.45, 7) is 3.78. The number of ether oxygens (including phenoxy) is 1. The van der Waals surface area contributed by atoms with Gasteiger partial charge in [0.25, 0.3) is 0 Å². The normalized spacial score (nSPS) is 20.1. The first-order chi connectivity index (χ1) is 7.79. The van der Waals surface area contributed by atoms with E-state index in [-0.39, 0.29) is 6.10 Å². The summed E-state index contributed by atoms with van der Waals surface area (Å²) < 4.78 is 5.76. The van der Waals surface area contributed by atoms with Gasteiger partial charge in [0.15, 0.2) is 0 Å². The molecule has 1 aromatic heterocycles. The molecule has 4 heteroatoms. The third-order valence-electron chi connectivity index (χ3n) is 2.65.